The van der Waals surface area contributed by atoms with Crippen LogP contribution in [0.1, 0.15) is 43.4 Å². The molecule has 0 aliphatic carbocycles. The topological polar surface area (TPSA) is 92.8 Å². The van der Waals surface area contributed by atoms with Crippen molar-refractivity contribution in [2.75, 3.05) is 50.8 Å². The maximum absolute atomic E-state index is 13.1. The molecule has 1 amide bonds. The van der Waals surface area contributed by atoms with Crippen molar-refractivity contribution in [1.29, 1.82) is 5.26 Å². The van der Waals surface area contributed by atoms with Crippen LogP contribution in [0.15, 0.2) is 9.70 Å². The number of unbranched alkanes of at least 4 members (excludes halogenated alkanes) is 1. The Bertz CT molecular complexity index is 1050. The van der Waals surface area contributed by atoms with Gasteiger partial charge in [-0.2, -0.15) is 5.26 Å². The zero-order valence-electron chi connectivity index (χ0n) is 19.5. The Kier molecular flexibility index (Phi) is 8.70. The summed E-state index contributed by atoms with van der Waals surface area (Å²) in [5, 5.41) is 19.0. The second kappa shape index (κ2) is 11.3. The number of anilines is 1. The van der Waals surface area contributed by atoms with Gasteiger partial charge in [0.15, 0.2) is 0 Å². The van der Waals surface area contributed by atoms with Crippen molar-refractivity contribution in [2.45, 2.75) is 40.2 Å². The molecule has 2 aliphatic heterocycles. The Labute approximate surface area is 204 Å². The number of thiocarbonyl (C=S) groups is 1. The predicted molar refractivity (Wildman–Crippen MR) is 136 cm³/mol. The Morgan fingerprint density at radius 2 is 1.88 bits per heavy atom. The predicted octanol–water partition coefficient (Wildman–Crippen LogP) is 2.16. The summed E-state index contributed by atoms with van der Waals surface area (Å²) in [6.07, 6.45) is 3.65. The van der Waals surface area contributed by atoms with Crippen molar-refractivity contribution in [3.63, 3.8) is 0 Å². The van der Waals surface area contributed by atoms with Crippen molar-refractivity contribution < 1.29 is 9.90 Å². The standard InChI is InChI=1S/C23H31N5O3S2/c1-4-6-7-28-22(31)19(33-23(28)32)14-17-16(3)18(15-24)21(30)27(5-2)20(17)26-10-8-25(9-11-26)12-13-29/h14,29H,4-13H2,1-3H3/b19-14-. The normalized spacial score (nSPS) is 18.5. The summed E-state index contributed by atoms with van der Waals surface area (Å²) >= 11 is 6.73. The number of nitrogens with zero attached hydrogens (tertiary/aromatic N) is 5. The molecule has 0 aromatic carbocycles. The first-order chi connectivity index (χ1) is 15.9. The van der Waals surface area contributed by atoms with Crippen molar-refractivity contribution in [3.8, 4) is 6.07 Å². The van der Waals surface area contributed by atoms with Crippen LogP contribution in [0.25, 0.3) is 6.08 Å². The highest BCUT2D eigenvalue weighted by molar-refractivity contribution is 8.26. The van der Waals surface area contributed by atoms with Crippen molar-refractivity contribution in [2.24, 2.45) is 0 Å². The molecule has 3 rings (SSSR count). The number of aliphatic hydroxyl groups is 1. The number of hydrogen-bond acceptors (Lipinski definition) is 8. The highest BCUT2D eigenvalue weighted by atomic mass is 32.2. The largest absolute Gasteiger partial charge is 0.395 e. The van der Waals surface area contributed by atoms with Gasteiger partial charge in [-0.1, -0.05) is 37.3 Å². The summed E-state index contributed by atoms with van der Waals surface area (Å²) in [4.78, 5) is 32.7. The van der Waals surface area contributed by atoms with Crippen LogP contribution in [-0.4, -0.2) is 75.6 Å². The van der Waals surface area contributed by atoms with Crippen LogP contribution < -0.4 is 10.5 Å². The highest BCUT2D eigenvalue weighted by Crippen LogP contribution is 2.36. The molecule has 0 radical (unpaired) electrons. The quantitative estimate of drug-likeness (QED) is 0.439. The van der Waals surface area contributed by atoms with E-state index in [1.807, 2.05) is 13.0 Å². The molecule has 10 heteroatoms. The SMILES string of the molecule is CCCCN1C(=O)/C(=C/c2c(C)c(C#N)c(=O)n(CC)c2N2CCN(CCO)CC2)SC1=S. The van der Waals surface area contributed by atoms with E-state index in [-0.39, 0.29) is 23.6 Å². The molecule has 33 heavy (non-hydrogen) atoms. The first-order valence-electron chi connectivity index (χ1n) is 11.4. The summed E-state index contributed by atoms with van der Waals surface area (Å²) in [6.45, 7) is 10.4. The minimum atomic E-state index is -0.307. The molecule has 1 aromatic rings. The molecule has 8 nitrogen and oxygen atoms in total. The lowest BCUT2D eigenvalue weighted by atomic mass is 10.0. The van der Waals surface area contributed by atoms with Crippen LogP contribution in [0.2, 0.25) is 0 Å². The molecular formula is C23H31N5O3S2. The number of hydrogen-bond donors (Lipinski definition) is 1. The van der Waals surface area contributed by atoms with E-state index >= 15 is 0 Å². The molecule has 0 bridgehead atoms. The van der Waals surface area contributed by atoms with Gasteiger partial charge in [0, 0.05) is 51.4 Å². The van der Waals surface area contributed by atoms with Gasteiger partial charge in [0.05, 0.1) is 11.5 Å². The summed E-state index contributed by atoms with van der Waals surface area (Å²) in [7, 11) is 0. The molecule has 1 N–H and O–H groups in total. The maximum Gasteiger partial charge on any atom is 0.270 e. The number of nitriles is 1. The van der Waals surface area contributed by atoms with E-state index in [1.165, 1.54) is 11.8 Å². The Morgan fingerprint density at radius 3 is 2.45 bits per heavy atom. The van der Waals surface area contributed by atoms with Gasteiger partial charge in [-0.25, -0.2) is 0 Å². The van der Waals surface area contributed by atoms with Crippen LogP contribution in [-0.2, 0) is 11.3 Å². The van der Waals surface area contributed by atoms with Crippen LogP contribution >= 0.6 is 24.0 Å². The molecule has 0 saturated carbocycles. The molecule has 2 aliphatic rings. The van der Waals surface area contributed by atoms with Crippen LogP contribution in [0.5, 0.6) is 0 Å². The van der Waals surface area contributed by atoms with Gasteiger partial charge in [-0.05, 0) is 31.9 Å². The smallest absolute Gasteiger partial charge is 0.270 e. The molecule has 0 atom stereocenters. The summed E-state index contributed by atoms with van der Waals surface area (Å²) in [5.74, 6) is 0.616. The number of rotatable bonds is 8. The minimum Gasteiger partial charge on any atom is -0.395 e. The average molecular weight is 490 g/mol. The van der Waals surface area contributed by atoms with Crippen molar-refractivity contribution in [1.82, 2.24) is 14.4 Å². The fourth-order valence-corrected chi connectivity index (χ4v) is 5.53. The van der Waals surface area contributed by atoms with E-state index in [0.717, 1.165) is 37.3 Å². The number of amides is 1. The second-order valence-corrected chi connectivity index (χ2v) is 9.81. The number of carbonyl (C=O) groups is 1. The third-order valence-electron chi connectivity index (χ3n) is 6.13. The summed E-state index contributed by atoms with van der Waals surface area (Å²) < 4.78 is 2.18. The number of carbonyl (C=O) groups excluding carboxylic acids is 1. The van der Waals surface area contributed by atoms with E-state index in [1.54, 1.807) is 16.4 Å². The number of piperazine rings is 1. The first kappa shape index (κ1) is 25.4. The molecule has 3 heterocycles. The lowest BCUT2D eigenvalue weighted by molar-refractivity contribution is -0.122. The zero-order valence-corrected chi connectivity index (χ0v) is 21.1. The third-order valence-corrected chi connectivity index (χ3v) is 7.51. The molecule has 2 saturated heterocycles. The molecule has 1 aromatic heterocycles. The number of pyridine rings is 1. The van der Waals surface area contributed by atoms with Gasteiger partial charge in [0.2, 0.25) is 0 Å². The zero-order chi connectivity index (χ0) is 24.1. The number of thioether (sulfide) groups is 1. The first-order valence-corrected chi connectivity index (χ1v) is 12.6. The van der Waals surface area contributed by atoms with Gasteiger partial charge < -0.3 is 10.0 Å². The molecule has 0 spiro atoms. The second-order valence-electron chi connectivity index (χ2n) is 8.14. The molecule has 0 unspecified atom stereocenters. The molecule has 2 fully saturated rings. The van der Waals surface area contributed by atoms with E-state index in [2.05, 4.69) is 22.8 Å². The fourth-order valence-electron chi connectivity index (χ4n) is 4.24. The van der Waals surface area contributed by atoms with Crippen LogP contribution in [0.3, 0.4) is 0 Å². The Hall–Kier alpha value is -2.19. The minimum absolute atomic E-state index is 0.104. The Balaban J connectivity index is 2.10. The van der Waals surface area contributed by atoms with Crippen molar-refractivity contribution >= 4 is 46.1 Å². The lowest BCUT2D eigenvalue weighted by Gasteiger charge is -2.37. The lowest BCUT2D eigenvalue weighted by Crippen LogP contribution is -2.49. The maximum atomic E-state index is 13.1. The van der Waals surface area contributed by atoms with E-state index in [0.29, 0.717) is 47.5 Å². The average Bonchev–Trinajstić information content (AvgIpc) is 3.07. The van der Waals surface area contributed by atoms with Crippen molar-refractivity contribution in [3.05, 3.63) is 31.9 Å². The van der Waals surface area contributed by atoms with Gasteiger partial charge in [0.1, 0.15) is 21.8 Å². The van der Waals surface area contributed by atoms with Gasteiger partial charge in [0.25, 0.3) is 11.5 Å². The summed E-state index contributed by atoms with van der Waals surface area (Å²) in [5.41, 5.74) is 1.10. The third kappa shape index (κ3) is 5.17. The van der Waals surface area contributed by atoms with E-state index < -0.39 is 0 Å². The van der Waals surface area contributed by atoms with E-state index in [4.69, 9.17) is 12.2 Å². The summed E-state index contributed by atoms with van der Waals surface area (Å²) in [6, 6.07) is 2.07. The van der Waals surface area contributed by atoms with Gasteiger partial charge in [-0.15, -0.1) is 0 Å². The van der Waals surface area contributed by atoms with E-state index in [9.17, 15) is 20.0 Å². The van der Waals surface area contributed by atoms with Gasteiger partial charge >= 0.3 is 0 Å². The Morgan fingerprint density at radius 1 is 1.18 bits per heavy atom. The van der Waals surface area contributed by atoms with Crippen LogP contribution in [0.4, 0.5) is 5.82 Å². The highest BCUT2D eigenvalue weighted by Gasteiger charge is 2.33. The number of β-amino-alcohol motifs (C(OH)–C–C–N with tert-alkyl or cyclic N) is 1. The van der Waals surface area contributed by atoms with Crippen LogP contribution in [0, 0.1) is 18.3 Å². The fraction of sp³-hybridized carbons (Fsp3) is 0.565. The molecule has 178 valence electrons. The molecular weight excluding hydrogens is 458 g/mol. The number of aliphatic hydroxyl groups excluding tert-OH is 1. The van der Waals surface area contributed by atoms with Gasteiger partial charge in [-0.3, -0.25) is 24.0 Å². The number of aromatic nitrogens is 1. The monoisotopic (exact) mass is 489 g/mol.